The van der Waals surface area contributed by atoms with Gasteiger partial charge in [0.25, 0.3) is 0 Å². The summed E-state index contributed by atoms with van der Waals surface area (Å²) in [5.74, 6) is 0.624. The molecule has 2 amide bonds. The van der Waals surface area contributed by atoms with Crippen molar-refractivity contribution in [2.75, 3.05) is 23.4 Å². The molecule has 148 valence electrons. The third-order valence-corrected chi connectivity index (χ3v) is 6.75. The molecule has 6 heteroatoms. The van der Waals surface area contributed by atoms with Crippen LogP contribution in [0, 0.1) is 11.8 Å². The van der Waals surface area contributed by atoms with E-state index < -0.39 is 0 Å². The first kappa shape index (κ1) is 19.1. The van der Waals surface area contributed by atoms with Gasteiger partial charge in [-0.15, -0.1) is 11.3 Å². The van der Waals surface area contributed by atoms with E-state index in [1.54, 1.807) is 11.9 Å². The number of aryl methyl sites for hydroxylation is 1. The van der Waals surface area contributed by atoms with E-state index in [2.05, 4.69) is 12.1 Å². The molecule has 4 rings (SSSR count). The van der Waals surface area contributed by atoms with Gasteiger partial charge in [-0.1, -0.05) is 19.9 Å². The number of amides is 2. The largest absolute Gasteiger partial charge is 0.312 e. The van der Waals surface area contributed by atoms with Gasteiger partial charge in [0.05, 0.1) is 5.69 Å². The van der Waals surface area contributed by atoms with E-state index in [0.29, 0.717) is 0 Å². The monoisotopic (exact) mass is 397 g/mol. The summed E-state index contributed by atoms with van der Waals surface area (Å²) in [5, 5.41) is 2.73. The molecule has 1 saturated carbocycles. The maximum Gasteiger partial charge on any atom is 0.231 e. The predicted molar refractivity (Wildman–Crippen MR) is 114 cm³/mol. The fourth-order valence-corrected chi connectivity index (χ4v) is 4.49. The third-order valence-electron chi connectivity index (χ3n) is 5.83. The van der Waals surface area contributed by atoms with E-state index in [0.717, 1.165) is 60.7 Å². The number of hydrogen-bond donors (Lipinski definition) is 0. The fourth-order valence-electron chi connectivity index (χ4n) is 3.69. The molecule has 0 N–H and O–H groups in total. The van der Waals surface area contributed by atoms with Crippen LogP contribution in [0.2, 0.25) is 0 Å². The van der Waals surface area contributed by atoms with E-state index in [1.165, 1.54) is 16.9 Å². The topological polar surface area (TPSA) is 53.5 Å². The molecule has 1 aromatic carbocycles. The van der Waals surface area contributed by atoms with Gasteiger partial charge in [0.15, 0.2) is 5.13 Å². The molecule has 2 heterocycles. The van der Waals surface area contributed by atoms with Gasteiger partial charge in [0, 0.05) is 42.1 Å². The van der Waals surface area contributed by atoms with Crippen LogP contribution >= 0.6 is 11.3 Å². The zero-order chi connectivity index (χ0) is 19.8. The van der Waals surface area contributed by atoms with Gasteiger partial charge >= 0.3 is 0 Å². The normalized spacial score (nSPS) is 17.2. The second-order valence-electron chi connectivity index (χ2n) is 7.93. The maximum absolute atomic E-state index is 12.6. The minimum atomic E-state index is -0.00363. The van der Waals surface area contributed by atoms with Crippen LogP contribution in [0.15, 0.2) is 23.6 Å². The lowest BCUT2D eigenvalue weighted by atomic mass is 9.98. The summed E-state index contributed by atoms with van der Waals surface area (Å²) in [4.78, 5) is 33.3. The van der Waals surface area contributed by atoms with Gasteiger partial charge in [-0.25, -0.2) is 4.98 Å². The van der Waals surface area contributed by atoms with Crippen LogP contribution in [-0.4, -0.2) is 30.4 Å². The van der Waals surface area contributed by atoms with Crippen LogP contribution in [-0.2, 0) is 16.0 Å². The minimum Gasteiger partial charge on any atom is -0.312 e. The van der Waals surface area contributed by atoms with Crippen LogP contribution in [0.4, 0.5) is 10.8 Å². The number of nitrogens with zero attached hydrogens (tertiary/aromatic N) is 3. The summed E-state index contributed by atoms with van der Waals surface area (Å²) in [6.07, 6.45) is 4.88. The Balaban J connectivity index is 1.57. The standard InChI is InChI=1S/C22H27N3O2S/c1-4-14(2)20(26)24(3)22-23-18(13-28-22)16-9-10-19-17(12-16)6-5-11-25(19)21(27)15-7-8-15/h9-10,12-15H,4-8,11H2,1-3H3. The summed E-state index contributed by atoms with van der Waals surface area (Å²) in [7, 11) is 1.80. The molecule has 2 aromatic rings. The lowest BCUT2D eigenvalue weighted by Crippen LogP contribution is -2.36. The molecule has 1 aliphatic carbocycles. The quantitative estimate of drug-likeness (QED) is 0.746. The van der Waals surface area contributed by atoms with Crippen LogP contribution in [0.3, 0.4) is 0 Å². The molecule has 0 radical (unpaired) electrons. The van der Waals surface area contributed by atoms with Gasteiger partial charge < -0.3 is 4.90 Å². The average Bonchev–Trinajstić information content (AvgIpc) is 3.47. The number of rotatable bonds is 5. The molecule has 0 bridgehead atoms. The van der Waals surface area contributed by atoms with Crippen molar-refractivity contribution in [1.29, 1.82) is 0 Å². The first-order chi connectivity index (χ1) is 13.5. The summed E-state index contributed by atoms with van der Waals surface area (Å²) in [5.41, 5.74) is 4.21. The first-order valence-electron chi connectivity index (χ1n) is 10.2. The van der Waals surface area contributed by atoms with Gasteiger partial charge in [-0.2, -0.15) is 0 Å². The second kappa shape index (κ2) is 7.66. The zero-order valence-electron chi connectivity index (χ0n) is 16.8. The third kappa shape index (κ3) is 3.58. The molecular weight excluding hydrogens is 370 g/mol. The Morgan fingerprint density at radius 2 is 2.14 bits per heavy atom. The predicted octanol–water partition coefficient (Wildman–Crippen LogP) is 4.51. The number of hydrogen-bond acceptors (Lipinski definition) is 4. The molecule has 28 heavy (non-hydrogen) atoms. The van der Waals surface area contributed by atoms with Crippen molar-refractivity contribution in [3.63, 3.8) is 0 Å². The number of fused-ring (bicyclic) bond motifs is 1. The van der Waals surface area contributed by atoms with Crippen LogP contribution in [0.5, 0.6) is 0 Å². The number of benzene rings is 1. The van der Waals surface area contributed by atoms with Crippen molar-refractivity contribution in [3.05, 3.63) is 29.1 Å². The van der Waals surface area contributed by atoms with Crippen molar-refractivity contribution in [2.45, 2.75) is 46.0 Å². The van der Waals surface area contributed by atoms with Crippen LogP contribution < -0.4 is 9.80 Å². The van der Waals surface area contributed by atoms with Gasteiger partial charge in [-0.05, 0) is 49.8 Å². The lowest BCUT2D eigenvalue weighted by molar-refractivity contribution is -0.121. The van der Waals surface area contributed by atoms with Gasteiger partial charge in [0.2, 0.25) is 11.8 Å². The SMILES string of the molecule is CCC(C)C(=O)N(C)c1nc(-c2ccc3c(c2)CCCN3C(=O)C2CC2)cs1. The van der Waals surface area contributed by atoms with Crippen molar-refractivity contribution in [3.8, 4) is 11.3 Å². The Kier molecular flexibility index (Phi) is 5.23. The molecule has 1 atom stereocenters. The molecule has 1 aliphatic heterocycles. The Hall–Kier alpha value is -2.21. The summed E-state index contributed by atoms with van der Waals surface area (Å²) < 4.78 is 0. The molecular formula is C22H27N3O2S. The summed E-state index contributed by atoms with van der Waals surface area (Å²) in [6, 6.07) is 6.28. The Bertz CT molecular complexity index is 903. The van der Waals surface area contributed by atoms with E-state index in [9.17, 15) is 9.59 Å². The molecule has 1 unspecified atom stereocenters. The number of carbonyl (C=O) groups is 2. The van der Waals surface area contributed by atoms with Gasteiger partial charge in [-0.3, -0.25) is 14.5 Å². The highest BCUT2D eigenvalue weighted by Gasteiger charge is 2.35. The second-order valence-corrected chi connectivity index (χ2v) is 8.77. The molecule has 1 aromatic heterocycles. The smallest absolute Gasteiger partial charge is 0.231 e. The van der Waals surface area contributed by atoms with Crippen molar-refractivity contribution in [1.82, 2.24) is 4.98 Å². The minimum absolute atomic E-state index is 0.00363. The summed E-state index contributed by atoms with van der Waals surface area (Å²) in [6.45, 7) is 4.80. The fraction of sp³-hybridized carbons (Fsp3) is 0.500. The number of anilines is 2. The number of thiazole rings is 1. The highest BCUT2D eigenvalue weighted by Crippen LogP contribution is 2.37. The van der Waals surface area contributed by atoms with E-state index >= 15 is 0 Å². The van der Waals surface area contributed by atoms with Crippen molar-refractivity contribution in [2.24, 2.45) is 11.8 Å². The number of carbonyl (C=O) groups excluding carboxylic acids is 2. The van der Waals surface area contributed by atoms with E-state index in [1.807, 2.05) is 30.2 Å². The highest BCUT2D eigenvalue weighted by molar-refractivity contribution is 7.14. The maximum atomic E-state index is 12.6. The number of aromatic nitrogens is 1. The van der Waals surface area contributed by atoms with E-state index in [-0.39, 0.29) is 23.7 Å². The van der Waals surface area contributed by atoms with Crippen molar-refractivity contribution >= 4 is 34.0 Å². The Labute approximate surface area is 170 Å². The van der Waals surface area contributed by atoms with Gasteiger partial charge in [0.1, 0.15) is 0 Å². The average molecular weight is 398 g/mol. The van der Waals surface area contributed by atoms with Crippen molar-refractivity contribution < 1.29 is 9.59 Å². The highest BCUT2D eigenvalue weighted by atomic mass is 32.1. The lowest BCUT2D eigenvalue weighted by Gasteiger charge is -2.30. The van der Waals surface area contributed by atoms with E-state index in [4.69, 9.17) is 4.98 Å². The van der Waals surface area contributed by atoms with Crippen LogP contribution in [0.1, 0.15) is 45.1 Å². The van der Waals surface area contributed by atoms with Crippen LogP contribution in [0.25, 0.3) is 11.3 Å². The molecule has 0 saturated heterocycles. The Morgan fingerprint density at radius 1 is 1.36 bits per heavy atom. The first-order valence-corrected chi connectivity index (χ1v) is 11.0. The molecule has 1 fully saturated rings. The zero-order valence-corrected chi connectivity index (χ0v) is 17.6. The molecule has 2 aliphatic rings. The molecule has 0 spiro atoms. The summed E-state index contributed by atoms with van der Waals surface area (Å²) >= 11 is 1.49. The Morgan fingerprint density at radius 3 is 2.86 bits per heavy atom. The molecule has 5 nitrogen and oxygen atoms in total.